The molecular formula is C23H25BrClN3O2. The van der Waals surface area contributed by atoms with E-state index >= 15 is 0 Å². The maximum Gasteiger partial charge on any atom is 0.282 e. The van der Waals surface area contributed by atoms with E-state index in [1.165, 1.54) is 4.68 Å². The molecule has 0 aliphatic heterocycles. The monoisotopic (exact) mass is 489 g/mol. The standard InChI is InChI=1S/C23H25BrClN3O2/c1-5-14(3)22-27-20-9-8-17(24)12-18(20)23(29)28(22)26-13-16-7-10-21(19(25)11-16)30-15(4)6-2/h7-15H,5-6H2,1-4H3/t14-,15+/m0/s1. The molecule has 7 heteroatoms. The molecule has 5 nitrogen and oxygen atoms in total. The Kier molecular flexibility index (Phi) is 7.32. The molecule has 3 aromatic rings. The fourth-order valence-electron chi connectivity index (χ4n) is 2.90. The van der Waals surface area contributed by atoms with Crippen molar-refractivity contribution in [1.29, 1.82) is 0 Å². The van der Waals surface area contributed by atoms with Crippen LogP contribution in [0.2, 0.25) is 5.02 Å². The van der Waals surface area contributed by atoms with Crippen LogP contribution in [0.1, 0.15) is 57.8 Å². The van der Waals surface area contributed by atoms with Gasteiger partial charge in [-0.15, -0.1) is 0 Å². The summed E-state index contributed by atoms with van der Waals surface area (Å²) < 4.78 is 8.02. The molecule has 0 N–H and O–H groups in total. The number of hydrogen-bond donors (Lipinski definition) is 0. The predicted octanol–water partition coefficient (Wildman–Crippen LogP) is 6.39. The molecule has 0 fully saturated rings. The maximum absolute atomic E-state index is 13.2. The zero-order chi connectivity index (χ0) is 21.8. The van der Waals surface area contributed by atoms with Crippen LogP contribution in [0.15, 0.2) is 50.8 Å². The number of halogens is 2. The third kappa shape index (κ3) is 4.93. The van der Waals surface area contributed by atoms with E-state index in [2.05, 4.69) is 34.9 Å². The van der Waals surface area contributed by atoms with E-state index in [1.807, 2.05) is 38.1 Å². The number of benzene rings is 2. The van der Waals surface area contributed by atoms with Crippen molar-refractivity contribution in [2.45, 2.75) is 52.6 Å². The minimum absolute atomic E-state index is 0.0813. The van der Waals surface area contributed by atoms with Crippen LogP contribution in [0, 0.1) is 0 Å². The van der Waals surface area contributed by atoms with Gasteiger partial charge in [-0.05, 0) is 61.7 Å². The largest absolute Gasteiger partial charge is 0.489 e. The molecule has 2 atom stereocenters. The van der Waals surface area contributed by atoms with Crippen molar-refractivity contribution in [2.75, 3.05) is 0 Å². The predicted molar refractivity (Wildman–Crippen MR) is 127 cm³/mol. The number of hydrogen-bond acceptors (Lipinski definition) is 4. The van der Waals surface area contributed by atoms with Gasteiger partial charge in [0.15, 0.2) is 0 Å². The molecule has 2 aromatic carbocycles. The van der Waals surface area contributed by atoms with E-state index in [-0.39, 0.29) is 17.6 Å². The van der Waals surface area contributed by atoms with Crippen molar-refractivity contribution in [2.24, 2.45) is 5.10 Å². The molecule has 0 aliphatic rings. The fourth-order valence-corrected chi connectivity index (χ4v) is 3.49. The molecule has 0 saturated heterocycles. The van der Waals surface area contributed by atoms with E-state index < -0.39 is 0 Å². The van der Waals surface area contributed by atoms with Gasteiger partial charge in [0.05, 0.1) is 28.2 Å². The summed E-state index contributed by atoms with van der Waals surface area (Å²) in [5.41, 5.74) is 1.24. The normalized spacial score (nSPS) is 13.7. The number of aromatic nitrogens is 2. The smallest absolute Gasteiger partial charge is 0.282 e. The Labute approximate surface area is 189 Å². The van der Waals surface area contributed by atoms with Crippen LogP contribution in [0.3, 0.4) is 0 Å². The molecule has 0 unspecified atom stereocenters. The quantitative estimate of drug-likeness (QED) is 0.361. The van der Waals surface area contributed by atoms with Gasteiger partial charge in [-0.1, -0.05) is 48.3 Å². The number of nitrogens with zero attached hydrogens (tertiary/aromatic N) is 3. The number of fused-ring (bicyclic) bond motifs is 1. The van der Waals surface area contributed by atoms with Crippen LogP contribution < -0.4 is 10.3 Å². The van der Waals surface area contributed by atoms with Gasteiger partial charge in [-0.3, -0.25) is 4.79 Å². The van der Waals surface area contributed by atoms with Gasteiger partial charge in [-0.25, -0.2) is 4.98 Å². The van der Waals surface area contributed by atoms with Gasteiger partial charge >= 0.3 is 0 Å². The lowest BCUT2D eigenvalue weighted by molar-refractivity contribution is 0.217. The van der Waals surface area contributed by atoms with Gasteiger partial charge in [-0.2, -0.15) is 9.78 Å². The molecular weight excluding hydrogens is 466 g/mol. The molecule has 0 radical (unpaired) electrons. The van der Waals surface area contributed by atoms with Gasteiger partial charge in [0.25, 0.3) is 5.56 Å². The van der Waals surface area contributed by atoms with Gasteiger partial charge in [0.2, 0.25) is 0 Å². The molecule has 30 heavy (non-hydrogen) atoms. The average molecular weight is 491 g/mol. The van der Waals surface area contributed by atoms with Crippen LogP contribution in [0.4, 0.5) is 0 Å². The second kappa shape index (κ2) is 9.75. The summed E-state index contributed by atoms with van der Waals surface area (Å²) in [7, 11) is 0. The van der Waals surface area contributed by atoms with Crippen LogP contribution >= 0.6 is 27.5 Å². The first-order valence-electron chi connectivity index (χ1n) is 10.1. The third-order valence-electron chi connectivity index (χ3n) is 5.07. The highest BCUT2D eigenvalue weighted by Gasteiger charge is 2.15. The molecule has 0 spiro atoms. The number of rotatable bonds is 7. The summed E-state index contributed by atoms with van der Waals surface area (Å²) in [4.78, 5) is 17.9. The highest BCUT2D eigenvalue weighted by atomic mass is 79.9. The van der Waals surface area contributed by atoms with Gasteiger partial charge in [0.1, 0.15) is 11.6 Å². The Bertz CT molecular complexity index is 1140. The number of ether oxygens (including phenoxy) is 1. The molecule has 1 heterocycles. The van der Waals surface area contributed by atoms with Crippen molar-refractivity contribution in [1.82, 2.24) is 9.66 Å². The Morgan fingerprint density at radius 1 is 1.20 bits per heavy atom. The van der Waals surface area contributed by atoms with E-state index in [0.29, 0.717) is 27.5 Å². The zero-order valence-electron chi connectivity index (χ0n) is 17.5. The minimum atomic E-state index is -0.198. The van der Waals surface area contributed by atoms with Crippen molar-refractivity contribution < 1.29 is 4.74 Å². The summed E-state index contributed by atoms with van der Waals surface area (Å²) in [5.74, 6) is 1.35. The van der Waals surface area contributed by atoms with Gasteiger partial charge < -0.3 is 4.74 Å². The highest BCUT2D eigenvalue weighted by Crippen LogP contribution is 2.26. The summed E-state index contributed by atoms with van der Waals surface area (Å²) in [6.07, 6.45) is 3.45. The molecule has 158 valence electrons. The first kappa shape index (κ1) is 22.5. The average Bonchev–Trinajstić information content (AvgIpc) is 2.74. The van der Waals surface area contributed by atoms with E-state index in [9.17, 15) is 4.79 Å². The Hall–Kier alpha value is -2.18. The van der Waals surface area contributed by atoms with Crippen LogP contribution in [-0.2, 0) is 0 Å². The lowest BCUT2D eigenvalue weighted by Gasteiger charge is -2.14. The summed E-state index contributed by atoms with van der Waals surface area (Å²) in [5, 5.41) is 5.50. The second-order valence-electron chi connectivity index (χ2n) is 7.33. The van der Waals surface area contributed by atoms with Crippen LogP contribution in [0.5, 0.6) is 5.75 Å². The third-order valence-corrected chi connectivity index (χ3v) is 5.86. The van der Waals surface area contributed by atoms with Crippen LogP contribution in [0.25, 0.3) is 10.9 Å². The lowest BCUT2D eigenvalue weighted by atomic mass is 10.1. The first-order valence-corrected chi connectivity index (χ1v) is 11.2. The molecule has 0 saturated carbocycles. The molecule has 0 aliphatic carbocycles. The second-order valence-corrected chi connectivity index (χ2v) is 8.65. The van der Waals surface area contributed by atoms with E-state index in [0.717, 1.165) is 22.9 Å². The summed E-state index contributed by atoms with van der Waals surface area (Å²) >= 11 is 9.79. The summed E-state index contributed by atoms with van der Waals surface area (Å²) in [6.45, 7) is 8.16. The molecule has 3 rings (SSSR count). The van der Waals surface area contributed by atoms with Crippen molar-refractivity contribution in [3.8, 4) is 5.75 Å². The molecule has 0 bridgehead atoms. The summed E-state index contributed by atoms with van der Waals surface area (Å²) in [6, 6.07) is 11.0. The van der Waals surface area contributed by atoms with Gasteiger partial charge in [0, 0.05) is 10.4 Å². The van der Waals surface area contributed by atoms with E-state index in [1.54, 1.807) is 18.3 Å². The topological polar surface area (TPSA) is 56.5 Å². The van der Waals surface area contributed by atoms with Crippen molar-refractivity contribution in [3.63, 3.8) is 0 Å². The van der Waals surface area contributed by atoms with E-state index in [4.69, 9.17) is 21.3 Å². The Morgan fingerprint density at radius 3 is 2.63 bits per heavy atom. The molecule has 1 aromatic heterocycles. The SMILES string of the molecule is CC[C@@H](C)Oc1ccc(C=Nn2c([C@@H](C)CC)nc3ccc(Br)cc3c2=O)cc1Cl. The fraction of sp³-hybridized carbons (Fsp3) is 0.348. The maximum atomic E-state index is 13.2. The zero-order valence-corrected chi connectivity index (χ0v) is 19.9. The van der Waals surface area contributed by atoms with Crippen LogP contribution in [-0.4, -0.2) is 22.0 Å². The Morgan fingerprint density at radius 2 is 1.97 bits per heavy atom. The minimum Gasteiger partial charge on any atom is -0.489 e. The van der Waals surface area contributed by atoms with Crippen molar-refractivity contribution >= 4 is 44.6 Å². The van der Waals surface area contributed by atoms with Crippen molar-refractivity contribution in [3.05, 3.63) is 67.6 Å². The lowest BCUT2D eigenvalue weighted by Crippen LogP contribution is -2.23. The molecule has 0 amide bonds. The Balaban J connectivity index is 2.04. The first-order chi connectivity index (χ1) is 14.3. The highest BCUT2D eigenvalue weighted by molar-refractivity contribution is 9.10.